The van der Waals surface area contributed by atoms with Gasteiger partial charge in [-0.05, 0) is 29.8 Å². The molecule has 2 rings (SSSR count). The third-order valence-corrected chi connectivity index (χ3v) is 3.26. The van der Waals surface area contributed by atoms with Crippen molar-refractivity contribution in [1.29, 1.82) is 0 Å². The number of methoxy groups -OCH3 is 1. The van der Waals surface area contributed by atoms with E-state index in [1.54, 1.807) is 0 Å². The SMILES string of the molecule is COc1ccc(/C=C/C(=O)c2ccccc2C(=O)O)cc1OC(F)(F)F. The maximum atomic E-state index is 12.4. The summed E-state index contributed by atoms with van der Waals surface area (Å²) in [6.07, 6.45) is -2.57. The van der Waals surface area contributed by atoms with Gasteiger partial charge in [-0.1, -0.05) is 30.3 Å². The van der Waals surface area contributed by atoms with E-state index in [0.717, 1.165) is 12.1 Å². The molecule has 0 aliphatic rings. The zero-order valence-corrected chi connectivity index (χ0v) is 13.4. The van der Waals surface area contributed by atoms with Crippen LogP contribution in [0.4, 0.5) is 13.2 Å². The Morgan fingerprint density at radius 3 is 2.27 bits per heavy atom. The van der Waals surface area contributed by atoms with Crippen molar-refractivity contribution in [2.45, 2.75) is 6.36 Å². The Morgan fingerprint density at radius 2 is 1.69 bits per heavy atom. The molecule has 0 amide bonds. The molecule has 0 fully saturated rings. The molecule has 1 N–H and O–H groups in total. The lowest BCUT2D eigenvalue weighted by molar-refractivity contribution is -0.275. The van der Waals surface area contributed by atoms with Gasteiger partial charge in [-0.2, -0.15) is 0 Å². The van der Waals surface area contributed by atoms with Crippen molar-refractivity contribution in [3.63, 3.8) is 0 Å². The number of hydrogen-bond donors (Lipinski definition) is 1. The van der Waals surface area contributed by atoms with E-state index in [2.05, 4.69) is 4.74 Å². The highest BCUT2D eigenvalue weighted by Gasteiger charge is 2.32. The molecule has 0 aliphatic carbocycles. The first-order valence-electron chi connectivity index (χ1n) is 7.20. The largest absolute Gasteiger partial charge is 0.573 e. The molecule has 0 aromatic heterocycles. The van der Waals surface area contributed by atoms with Gasteiger partial charge in [-0.3, -0.25) is 4.79 Å². The number of alkyl halides is 3. The Balaban J connectivity index is 2.29. The molecule has 0 heterocycles. The van der Waals surface area contributed by atoms with Gasteiger partial charge in [0.2, 0.25) is 0 Å². The first kappa shape index (κ1) is 19.0. The molecule has 2 aromatic rings. The normalized spacial score (nSPS) is 11.4. The van der Waals surface area contributed by atoms with E-state index in [4.69, 9.17) is 9.84 Å². The summed E-state index contributed by atoms with van der Waals surface area (Å²) in [6.45, 7) is 0. The predicted molar refractivity (Wildman–Crippen MR) is 86.4 cm³/mol. The van der Waals surface area contributed by atoms with Crippen molar-refractivity contribution in [2.24, 2.45) is 0 Å². The number of rotatable bonds is 6. The Hall–Kier alpha value is -3.29. The van der Waals surface area contributed by atoms with Crippen molar-refractivity contribution in [1.82, 2.24) is 0 Å². The maximum absolute atomic E-state index is 12.4. The Morgan fingerprint density at radius 1 is 1.04 bits per heavy atom. The van der Waals surface area contributed by atoms with Gasteiger partial charge in [0, 0.05) is 5.56 Å². The van der Waals surface area contributed by atoms with Crippen molar-refractivity contribution in [3.05, 3.63) is 65.2 Å². The van der Waals surface area contributed by atoms with Crippen LogP contribution in [-0.2, 0) is 0 Å². The highest BCUT2D eigenvalue weighted by molar-refractivity contribution is 6.12. The molecular weight excluding hydrogens is 353 g/mol. The molecule has 2 aromatic carbocycles. The summed E-state index contributed by atoms with van der Waals surface area (Å²) in [6, 6.07) is 9.36. The van der Waals surface area contributed by atoms with Crippen molar-refractivity contribution in [3.8, 4) is 11.5 Å². The number of allylic oxidation sites excluding steroid dienone is 1. The lowest BCUT2D eigenvalue weighted by atomic mass is 10.0. The van der Waals surface area contributed by atoms with Gasteiger partial charge < -0.3 is 14.6 Å². The van der Waals surface area contributed by atoms with Gasteiger partial charge >= 0.3 is 12.3 Å². The number of aromatic carboxylic acids is 1. The summed E-state index contributed by atoms with van der Waals surface area (Å²) >= 11 is 0. The van der Waals surface area contributed by atoms with Crippen LogP contribution in [0.3, 0.4) is 0 Å². The van der Waals surface area contributed by atoms with Crippen LogP contribution in [0.2, 0.25) is 0 Å². The summed E-state index contributed by atoms with van der Waals surface area (Å²) in [5, 5.41) is 9.09. The molecule has 0 radical (unpaired) electrons. The van der Waals surface area contributed by atoms with E-state index in [1.807, 2.05) is 0 Å². The molecule has 8 heteroatoms. The first-order chi connectivity index (χ1) is 12.2. The minimum atomic E-state index is -4.90. The Bertz CT molecular complexity index is 856. The zero-order chi connectivity index (χ0) is 19.3. The summed E-state index contributed by atoms with van der Waals surface area (Å²) < 4.78 is 46.0. The average Bonchev–Trinajstić information content (AvgIpc) is 2.58. The number of carboxylic acids is 1. The molecule has 0 aliphatic heterocycles. The van der Waals surface area contributed by atoms with Crippen LogP contribution in [0, 0.1) is 0 Å². The first-order valence-corrected chi connectivity index (χ1v) is 7.20. The molecule has 0 bridgehead atoms. The van der Waals surface area contributed by atoms with E-state index in [9.17, 15) is 22.8 Å². The van der Waals surface area contributed by atoms with E-state index in [1.165, 1.54) is 49.6 Å². The topological polar surface area (TPSA) is 72.8 Å². The van der Waals surface area contributed by atoms with E-state index in [-0.39, 0.29) is 22.4 Å². The van der Waals surface area contributed by atoms with Gasteiger partial charge in [0.1, 0.15) is 0 Å². The number of carboxylic acid groups (broad SMARTS) is 1. The van der Waals surface area contributed by atoms with Gasteiger partial charge in [0.25, 0.3) is 0 Å². The van der Waals surface area contributed by atoms with E-state index < -0.39 is 23.9 Å². The number of halogens is 3. The van der Waals surface area contributed by atoms with Crippen molar-refractivity contribution < 1.29 is 37.3 Å². The lowest BCUT2D eigenvalue weighted by Crippen LogP contribution is -2.17. The smallest absolute Gasteiger partial charge is 0.493 e. The molecule has 5 nitrogen and oxygen atoms in total. The van der Waals surface area contributed by atoms with Crippen molar-refractivity contribution >= 4 is 17.8 Å². The zero-order valence-electron chi connectivity index (χ0n) is 13.4. The molecule has 0 saturated carbocycles. The molecule has 0 spiro atoms. The second-order valence-electron chi connectivity index (χ2n) is 5.01. The van der Waals surface area contributed by atoms with Gasteiger partial charge in [-0.25, -0.2) is 4.79 Å². The van der Waals surface area contributed by atoms with Gasteiger partial charge in [0.05, 0.1) is 12.7 Å². The minimum absolute atomic E-state index is 0.0310. The Labute approximate surface area is 146 Å². The van der Waals surface area contributed by atoms with E-state index >= 15 is 0 Å². The molecular formula is C18H13F3O5. The maximum Gasteiger partial charge on any atom is 0.573 e. The predicted octanol–water partition coefficient (Wildman–Crippen LogP) is 4.19. The minimum Gasteiger partial charge on any atom is -0.493 e. The second-order valence-corrected chi connectivity index (χ2v) is 5.01. The summed E-state index contributed by atoms with van der Waals surface area (Å²) in [4.78, 5) is 23.3. The molecule has 0 atom stereocenters. The second kappa shape index (κ2) is 7.73. The van der Waals surface area contributed by atoms with Crippen LogP contribution in [0.1, 0.15) is 26.3 Å². The summed E-state index contributed by atoms with van der Waals surface area (Å²) in [5.74, 6) is -2.53. The number of carbonyl (C=O) groups is 2. The molecule has 136 valence electrons. The quantitative estimate of drug-likeness (QED) is 0.613. The number of benzene rings is 2. The van der Waals surface area contributed by atoms with Crippen molar-refractivity contribution in [2.75, 3.05) is 7.11 Å². The molecule has 0 unspecified atom stereocenters. The molecule has 26 heavy (non-hydrogen) atoms. The number of ether oxygens (including phenoxy) is 2. The summed E-state index contributed by atoms with van der Waals surface area (Å²) in [5.41, 5.74) is 0.0423. The third kappa shape index (κ3) is 4.85. The van der Waals surface area contributed by atoms with Crippen LogP contribution in [-0.4, -0.2) is 30.3 Å². The molecule has 0 saturated heterocycles. The summed E-state index contributed by atoms with van der Waals surface area (Å²) in [7, 11) is 1.19. The highest BCUT2D eigenvalue weighted by Crippen LogP contribution is 2.33. The highest BCUT2D eigenvalue weighted by atomic mass is 19.4. The fourth-order valence-corrected chi connectivity index (χ4v) is 2.15. The number of hydrogen-bond acceptors (Lipinski definition) is 4. The number of ketones is 1. The third-order valence-electron chi connectivity index (χ3n) is 3.26. The fraction of sp³-hybridized carbons (Fsp3) is 0.111. The lowest BCUT2D eigenvalue weighted by Gasteiger charge is -2.12. The van der Waals surface area contributed by atoms with E-state index in [0.29, 0.717) is 0 Å². The van der Waals surface area contributed by atoms with Crippen LogP contribution >= 0.6 is 0 Å². The van der Waals surface area contributed by atoms with Crippen LogP contribution < -0.4 is 9.47 Å². The number of carbonyl (C=O) groups excluding carboxylic acids is 1. The van der Waals surface area contributed by atoms with Gasteiger partial charge in [0.15, 0.2) is 17.3 Å². The average molecular weight is 366 g/mol. The fourth-order valence-electron chi connectivity index (χ4n) is 2.15. The standard InChI is InChI=1S/C18H13F3O5/c1-25-15-9-7-11(10-16(15)26-18(19,20)21)6-8-14(22)12-4-2-3-5-13(12)17(23)24/h2-10H,1H3,(H,23,24)/b8-6+. The monoisotopic (exact) mass is 366 g/mol. The van der Waals surface area contributed by atoms with Gasteiger partial charge in [-0.15, -0.1) is 13.2 Å². The van der Waals surface area contributed by atoms with Crippen LogP contribution in [0.5, 0.6) is 11.5 Å². The van der Waals surface area contributed by atoms with Crippen LogP contribution in [0.15, 0.2) is 48.5 Å². The Kier molecular flexibility index (Phi) is 5.66. The van der Waals surface area contributed by atoms with Crippen LogP contribution in [0.25, 0.3) is 6.08 Å².